The molecule has 0 amide bonds. The zero-order valence-corrected chi connectivity index (χ0v) is 10.3. The van der Waals surface area contributed by atoms with Gasteiger partial charge in [-0.25, -0.2) is 10.8 Å². The van der Waals surface area contributed by atoms with Crippen LogP contribution < -0.4 is 16.6 Å². The lowest BCUT2D eigenvalue weighted by Gasteiger charge is -2.20. The van der Waals surface area contributed by atoms with Gasteiger partial charge in [0.1, 0.15) is 5.82 Å². The summed E-state index contributed by atoms with van der Waals surface area (Å²) in [5.74, 6) is 6.50. The highest BCUT2D eigenvalue weighted by Crippen LogP contribution is 2.11. The smallest absolute Gasteiger partial charge is 0.239 e. The lowest BCUT2D eigenvalue weighted by atomic mass is 10.3. The maximum atomic E-state index is 5.26. The third-order valence-corrected chi connectivity index (χ3v) is 2.55. The van der Waals surface area contributed by atoms with Crippen LogP contribution in [-0.4, -0.2) is 41.5 Å². The van der Waals surface area contributed by atoms with Crippen LogP contribution in [0.4, 0.5) is 11.8 Å². The summed E-state index contributed by atoms with van der Waals surface area (Å²) in [6, 6.07) is 0.434. The number of nitrogen functional groups attached to an aromatic ring is 1. The molecule has 0 radical (unpaired) electrons. The molecule has 0 saturated heterocycles. The first-order valence-corrected chi connectivity index (χ1v) is 5.25. The van der Waals surface area contributed by atoms with Crippen molar-refractivity contribution in [1.29, 1.82) is 0 Å². The van der Waals surface area contributed by atoms with Crippen LogP contribution in [-0.2, 0) is 0 Å². The summed E-state index contributed by atoms with van der Waals surface area (Å²) in [6.45, 7) is 4.93. The summed E-state index contributed by atoms with van der Waals surface area (Å²) in [5.41, 5.74) is 3.44. The van der Waals surface area contributed by atoms with E-state index in [0.717, 1.165) is 17.9 Å². The Morgan fingerprint density at radius 3 is 2.75 bits per heavy atom. The predicted octanol–water partition coefficient (Wildman–Crippen LogP) is 0.433. The SMILES string of the molecule is Cc1cnc(NN)nc1NCC(C)N(C)C. The third kappa shape index (κ3) is 3.32. The number of aryl methyl sites for hydroxylation is 1. The lowest BCUT2D eigenvalue weighted by Crippen LogP contribution is -2.32. The molecule has 1 heterocycles. The van der Waals surface area contributed by atoms with Crippen molar-refractivity contribution < 1.29 is 0 Å². The quantitative estimate of drug-likeness (QED) is 0.497. The summed E-state index contributed by atoms with van der Waals surface area (Å²) in [6.07, 6.45) is 1.74. The van der Waals surface area contributed by atoms with E-state index in [9.17, 15) is 0 Å². The van der Waals surface area contributed by atoms with E-state index in [-0.39, 0.29) is 0 Å². The molecule has 1 rings (SSSR count). The monoisotopic (exact) mass is 224 g/mol. The summed E-state index contributed by atoms with van der Waals surface area (Å²) >= 11 is 0. The molecular formula is C10H20N6. The molecule has 0 aliphatic heterocycles. The Labute approximate surface area is 96.2 Å². The largest absolute Gasteiger partial charge is 0.368 e. The molecule has 90 valence electrons. The number of likely N-dealkylation sites (N-methyl/N-ethyl adjacent to an activating group) is 1. The lowest BCUT2D eigenvalue weighted by molar-refractivity contribution is 0.326. The van der Waals surface area contributed by atoms with Crippen LogP contribution in [0.5, 0.6) is 0 Å². The minimum absolute atomic E-state index is 0.422. The molecule has 0 spiro atoms. The van der Waals surface area contributed by atoms with Crippen molar-refractivity contribution in [2.75, 3.05) is 31.4 Å². The fraction of sp³-hybridized carbons (Fsp3) is 0.600. The van der Waals surface area contributed by atoms with E-state index in [1.54, 1.807) is 6.20 Å². The number of hydrogen-bond donors (Lipinski definition) is 3. The number of rotatable bonds is 5. The number of hydrogen-bond acceptors (Lipinski definition) is 6. The van der Waals surface area contributed by atoms with E-state index in [0.29, 0.717) is 12.0 Å². The van der Waals surface area contributed by atoms with Crippen molar-refractivity contribution in [2.45, 2.75) is 19.9 Å². The van der Waals surface area contributed by atoms with Crippen molar-refractivity contribution in [3.05, 3.63) is 11.8 Å². The molecule has 0 aliphatic rings. The van der Waals surface area contributed by atoms with Crippen molar-refractivity contribution in [3.8, 4) is 0 Å². The highest BCUT2D eigenvalue weighted by atomic mass is 15.3. The molecule has 1 aromatic rings. The molecule has 16 heavy (non-hydrogen) atoms. The van der Waals surface area contributed by atoms with E-state index in [4.69, 9.17) is 5.84 Å². The topological polar surface area (TPSA) is 79.1 Å². The van der Waals surface area contributed by atoms with Gasteiger partial charge in [0.05, 0.1) is 0 Å². The van der Waals surface area contributed by atoms with Gasteiger partial charge in [-0.1, -0.05) is 0 Å². The predicted molar refractivity (Wildman–Crippen MR) is 66.2 cm³/mol. The number of nitrogens with two attached hydrogens (primary N) is 1. The van der Waals surface area contributed by atoms with Crippen LogP contribution in [0, 0.1) is 6.92 Å². The standard InChI is InChI=1S/C10H20N6/c1-7-5-13-10(15-11)14-9(7)12-6-8(2)16(3)4/h5,8H,6,11H2,1-4H3,(H2,12,13,14,15). The van der Waals surface area contributed by atoms with Gasteiger partial charge in [0.25, 0.3) is 0 Å². The number of hydrazine groups is 1. The highest BCUT2D eigenvalue weighted by molar-refractivity contribution is 5.46. The van der Waals surface area contributed by atoms with Gasteiger partial charge in [-0.3, -0.25) is 5.43 Å². The van der Waals surface area contributed by atoms with Crippen LogP contribution in [0.25, 0.3) is 0 Å². The van der Waals surface area contributed by atoms with Crippen LogP contribution in [0.15, 0.2) is 6.20 Å². The second-order valence-corrected chi connectivity index (χ2v) is 4.06. The van der Waals surface area contributed by atoms with E-state index in [1.165, 1.54) is 0 Å². The van der Waals surface area contributed by atoms with Gasteiger partial charge in [-0.15, -0.1) is 0 Å². The zero-order valence-electron chi connectivity index (χ0n) is 10.3. The first-order chi connectivity index (χ1) is 7.54. The molecule has 0 fully saturated rings. The van der Waals surface area contributed by atoms with Crippen LogP contribution in [0.1, 0.15) is 12.5 Å². The zero-order chi connectivity index (χ0) is 12.1. The number of nitrogens with one attached hydrogen (secondary N) is 2. The molecule has 1 unspecified atom stereocenters. The second kappa shape index (κ2) is 5.62. The molecule has 0 aromatic carbocycles. The van der Waals surface area contributed by atoms with Crippen LogP contribution in [0.3, 0.4) is 0 Å². The minimum Gasteiger partial charge on any atom is -0.368 e. The van der Waals surface area contributed by atoms with Gasteiger partial charge in [0.15, 0.2) is 0 Å². The van der Waals surface area contributed by atoms with Gasteiger partial charge < -0.3 is 10.2 Å². The molecule has 0 saturated carbocycles. The Kier molecular flexibility index (Phi) is 4.45. The Bertz CT molecular complexity index is 338. The molecule has 0 bridgehead atoms. The third-order valence-electron chi connectivity index (χ3n) is 2.55. The van der Waals surface area contributed by atoms with Gasteiger partial charge in [-0.2, -0.15) is 4.98 Å². The minimum atomic E-state index is 0.422. The van der Waals surface area contributed by atoms with Crippen LogP contribution >= 0.6 is 0 Å². The first kappa shape index (κ1) is 12.7. The second-order valence-electron chi connectivity index (χ2n) is 4.06. The molecule has 0 aliphatic carbocycles. The average molecular weight is 224 g/mol. The van der Waals surface area contributed by atoms with Crippen molar-refractivity contribution in [1.82, 2.24) is 14.9 Å². The molecule has 1 atom stereocenters. The van der Waals surface area contributed by atoms with E-state index >= 15 is 0 Å². The molecule has 6 heteroatoms. The Balaban J connectivity index is 2.65. The van der Waals surface area contributed by atoms with Gasteiger partial charge >= 0.3 is 0 Å². The normalized spacial score (nSPS) is 12.6. The van der Waals surface area contributed by atoms with E-state index < -0.39 is 0 Å². The average Bonchev–Trinajstić information content (AvgIpc) is 2.27. The van der Waals surface area contributed by atoms with Crippen molar-refractivity contribution in [3.63, 3.8) is 0 Å². The fourth-order valence-corrected chi connectivity index (χ4v) is 1.12. The summed E-state index contributed by atoms with van der Waals surface area (Å²) in [7, 11) is 4.10. The molecule has 6 nitrogen and oxygen atoms in total. The van der Waals surface area contributed by atoms with Crippen LogP contribution in [0.2, 0.25) is 0 Å². The Morgan fingerprint density at radius 2 is 2.19 bits per heavy atom. The van der Waals surface area contributed by atoms with Crippen molar-refractivity contribution >= 4 is 11.8 Å². The Hall–Kier alpha value is -1.40. The van der Waals surface area contributed by atoms with E-state index in [1.807, 2.05) is 21.0 Å². The molecular weight excluding hydrogens is 204 g/mol. The number of aromatic nitrogens is 2. The van der Waals surface area contributed by atoms with E-state index in [2.05, 4.69) is 32.5 Å². The van der Waals surface area contributed by atoms with Gasteiger partial charge in [0.2, 0.25) is 5.95 Å². The van der Waals surface area contributed by atoms with Gasteiger partial charge in [-0.05, 0) is 27.9 Å². The van der Waals surface area contributed by atoms with Crippen molar-refractivity contribution in [2.24, 2.45) is 5.84 Å². The highest BCUT2D eigenvalue weighted by Gasteiger charge is 2.07. The maximum Gasteiger partial charge on any atom is 0.239 e. The Morgan fingerprint density at radius 1 is 1.50 bits per heavy atom. The summed E-state index contributed by atoms with van der Waals surface area (Å²) in [5, 5.41) is 3.28. The molecule has 4 N–H and O–H groups in total. The summed E-state index contributed by atoms with van der Waals surface area (Å²) < 4.78 is 0. The first-order valence-electron chi connectivity index (χ1n) is 5.25. The van der Waals surface area contributed by atoms with Gasteiger partial charge in [0, 0.05) is 24.3 Å². The maximum absolute atomic E-state index is 5.26. The number of nitrogens with zero attached hydrogens (tertiary/aromatic N) is 3. The number of anilines is 2. The summed E-state index contributed by atoms with van der Waals surface area (Å²) in [4.78, 5) is 10.4. The molecule has 1 aromatic heterocycles. The fourth-order valence-electron chi connectivity index (χ4n) is 1.12.